The molecule has 10 nitrogen and oxygen atoms in total. The van der Waals surface area contributed by atoms with Gasteiger partial charge in [-0.05, 0) is 48.5 Å². The number of rotatable bonds is 9. The van der Waals surface area contributed by atoms with Crippen LogP contribution in [0.15, 0.2) is 75.4 Å². The van der Waals surface area contributed by atoms with Gasteiger partial charge in [0.25, 0.3) is 5.91 Å². The molecule has 0 aliphatic heterocycles. The second kappa shape index (κ2) is 12.2. The monoisotopic (exact) mass is 644 g/mol. The van der Waals surface area contributed by atoms with Crippen molar-refractivity contribution in [3.05, 3.63) is 86.6 Å². The maximum Gasteiger partial charge on any atom is 0.250 e. The zero-order chi connectivity index (χ0) is 27.4. The van der Waals surface area contributed by atoms with Crippen molar-refractivity contribution in [2.45, 2.75) is 11.7 Å². The lowest BCUT2D eigenvalue weighted by Gasteiger charge is -2.12. The summed E-state index contributed by atoms with van der Waals surface area (Å²) in [6.07, 6.45) is 1.52. The summed E-state index contributed by atoms with van der Waals surface area (Å²) in [6, 6.07) is 18.3. The van der Waals surface area contributed by atoms with Gasteiger partial charge < -0.3 is 4.74 Å². The standard InChI is InChI=1S/C25H19BrCl2N8O2S/c1-38-22-9-6-16(26)10-15(22)12-29-32-24(37)14-39-25-33-31-23(36(25)20-8-7-17(27)11-18(20)28)13-35-21-5-3-2-4-19(21)30-34-35/h2-12H,13-14H2,1H3,(H,32,37). The Morgan fingerprint density at radius 3 is 2.79 bits per heavy atom. The molecule has 0 atom stereocenters. The van der Waals surface area contributed by atoms with Crippen LogP contribution >= 0.6 is 50.9 Å². The minimum atomic E-state index is -0.328. The lowest BCUT2D eigenvalue weighted by Crippen LogP contribution is -2.20. The summed E-state index contributed by atoms with van der Waals surface area (Å²) in [5.41, 5.74) is 5.47. The predicted molar refractivity (Wildman–Crippen MR) is 155 cm³/mol. The average Bonchev–Trinajstić information content (AvgIpc) is 3.52. The third-order valence-electron chi connectivity index (χ3n) is 5.48. The van der Waals surface area contributed by atoms with Crippen molar-refractivity contribution in [1.82, 2.24) is 35.2 Å². The number of hydrogen-bond donors (Lipinski definition) is 1. The second-order valence-corrected chi connectivity index (χ2v) is 10.7. The summed E-state index contributed by atoms with van der Waals surface area (Å²) in [5.74, 6) is 0.886. The molecule has 198 valence electrons. The summed E-state index contributed by atoms with van der Waals surface area (Å²) in [5, 5.41) is 22.6. The van der Waals surface area contributed by atoms with Crippen molar-refractivity contribution in [2.75, 3.05) is 12.9 Å². The number of fused-ring (bicyclic) bond motifs is 1. The van der Waals surface area contributed by atoms with Crippen LogP contribution in [0.5, 0.6) is 5.75 Å². The Morgan fingerprint density at radius 1 is 1.13 bits per heavy atom. The van der Waals surface area contributed by atoms with Gasteiger partial charge in [0.1, 0.15) is 17.8 Å². The molecule has 1 N–H and O–H groups in total. The van der Waals surface area contributed by atoms with Gasteiger partial charge in [-0.3, -0.25) is 9.36 Å². The fourth-order valence-electron chi connectivity index (χ4n) is 3.71. The summed E-state index contributed by atoms with van der Waals surface area (Å²) < 4.78 is 9.69. The molecular formula is C25H19BrCl2N8O2S. The number of methoxy groups -OCH3 is 1. The van der Waals surface area contributed by atoms with Crippen molar-refractivity contribution in [3.63, 3.8) is 0 Å². The molecule has 0 spiro atoms. The molecule has 0 saturated carbocycles. The number of carbonyl (C=O) groups excluding carboxylic acids is 1. The molecule has 5 rings (SSSR count). The van der Waals surface area contributed by atoms with Gasteiger partial charge >= 0.3 is 0 Å². The Balaban J connectivity index is 1.36. The van der Waals surface area contributed by atoms with E-state index < -0.39 is 0 Å². The fraction of sp³-hybridized carbons (Fsp3) is 0.120. The van der Waals surface area contributed by atoms with Gasteiger partial charge in [-0.1, -0.05) is 68.2 Å². The first-order valence-corrected chi connectivity index (χ1v) is 13.9. The van der Waals surface area contributed by atoms with Crippen LogP contribution in [-0.4, -0.2) is 54.7 Å². The lowest BCUT2D eigenvalue weighted by molar-refractivity contribution is -0.118. The maximum absolute atomic E-state index is 12.6. The van der Waals surface area contributed by atoms with Crippen LogP contribution < -0.4 is 10.2 Å². The Hall–Kier alpha value is -3.45. The second-order valence-electron chi connectivity index (χ2n) is 8.03. The van der Waals surface area contributed by atoms with E-state index in [4.69, 9.17) is 27.9 Å². The van der Waals surface area contributed by atoms with E-state index in [1.807, 2.05) is 36.4 Å². The largest absolute Gasteiger partial charge is 0.496 e. The van der Waals surface area contributed by atoms with Crippen LogP contribution in [0.25, 0.3) is 16.7 Å². The van der Waals surface area contributed by atoms with E-state index in [-0.39, 0.29) is 18.2 Å². The first kappa shape index (κ1) is 27.1. The number of amides is 1. The van der Waals surface area contributed by atoms with Gasteiger partial charge in [-0.25, -0.2) is 10.1 Å². The highest BCUT2D eigenvalue weighted by Crippen LogP contribution is 2.30. The third-order valence-corrected chi connectivity index (χ3v) is 7.44. The Bertz CT molecular complexity index is 1690. The Morgan fingerprint density at radius 2 is 1.97 bits per heavy atom. The number of hydrazone groups is 1. The molecule has 0 aliphatic carbocycles. The molecule has 0 aliphatic rings. The van der Waals surface area contributed by atoms with Gasteiger partial charge in [0.15, 0.2) is 11.0 Å². The molecule has 5 aromatic rings. The van der Waals surface area contributed by atoms with Crippen molar-refractivity contribution < 1.29 is 9.53 Å². The van der Waals surface area contributed by atoms with E-state index >= 15 is 0 Å². The molecule has 3 aromatic carbocycles. The van der Waals surface area contributed by atoms with Gasteiger partial charge in [0, 0.05) is 15.1 Å². The molecule has 2 aromatic heterocycles. The van der Waals surface area contributed by atoms with Crippen LogP contribution in [0.4, 0.5) is 0 Å². The molecule has 0 saturated heterocycles. The summed E-state index contributed by atoms with van der Waals surface area (Å²) in [6.45, 7) is 0.276. The Kier molecular flexibility index (Phi) is 8.46. The van der Waals surface area contributed by atoms with E-state index in [0.717, 1.165) is 15.5 Å². The molecule has 0 bridgehead atoms. The summed E-state index contributed by atoms with van der Waals surface area (Å²) >= 11 is 17.3. The average molecular weight is 646 g/mol. The minimum absolute atomic E-state index is 0.0303. The van der Waals surface area contributed by atoms with Crippen molar-refractivity contribution in [1.29, 1.82) is 0 Å². The molecule has 0 unspecified atom stereocenters. The quantitative estimate of drug-likeness (QED) is 0.130. The van der Waals surface area contributed by atoms with E-state index in [0.29, 0.717) is 38.0 Å². The van der Waals surface area contributed by atoms with E-state index in [1.54, 1.807) is 40.6 Å². The predicted octanol–water partition coefficient (Wildman–Crippen LogP) is 5.38. The molecule has 2 heterocycles. The van der Waals surface area contributed by atoms with Crippen LogP contribution in [0.2, 0.25) is 10.0 Å². The number of para-hydroxylation sites is 1. The van der Waals surface area contributed by atoms with E-state index in [1.165, 1.54) is 18.0 Å². The minimum Gasteiger partial charge on any atom is -0.496 e. The highest BCUT2D eigenvalue weighted by Gasteiger charge is 2.19. The molecule has 0 fully saturated rings. The number of hydrogen-bond acceptors (Lipinski definition) is 8. The van der Waals surface area contributed by atoms with Crippen molar-refractivity contribution >= 4 is 74.0 Å². The van der Waals surface area contributed by atoms with Crippen LogP contribution in [-0.2, 0) is 11.3 Å². The summed E-state index contributed by atoms with van der Waals surface area (Å²) in [4.78, 5) is 12.6. The first-order valence-electron chi connectivity index (χ1n) is 11.4. The third kappa shape index (κ3) is 6.25. The zero-order valence-electron chi connectivity index (χ0n) is 20.3. The Labute approximate surface area is 245 Å². The first-order chi connectivity index (χ1) is 18.9. The van der Waals surface area contributed by atoms with Crippen molar-refractivity contribution in [3.8, 4) is 11.4 Å². The smallest absolute Gasteiger partial charge is 0.250 e. The van der Waals surface area contributed by atoms with Crippen LogP contribution in [0.1, 0.15) is 11.4 Å². The summed E-state index contributed by atoms with van der Waals surface area (Å²) in [7, 11) is 1.57. The fourth-order valence-corrected chi connectivity index (χ4v) is 5.34. The number of thioether (sulfide) groups is 1. The molecule has 0 radical (unpaired) electrons. The molecular weight excluding hydrogens is 627 g/mol. The van der Waals surface area contributed by atoms with Gasteiger partial charge in [-0.2, -0.15) is 5.10 Å². The topological polar surface area (TPSA) is 112 Å². The molecule has 1 amide bonds. The van der Waals surface area contributed by atoms with Gasteiger partial charge in [0.05, 0.1) is 35.3 Å². The van der Waals surface area contributed by atoms with E-state index in [9.17, 15) is 4.79 Å². The van der Waals surface area contributed by atoms with Crippen LogP contribution in [0.3, 0.4) is 0 Å². The number of carbonyl (C=O) groups is 1. The number of ether oxygens (including phenoxy) is 1. The van der Waals surface area contributed by atoms with Gasteiger partial charge in [0.2, 0.25) is 0 Å². The lowest BCUT2D eigenvalue weighted by atomic mass is 10.2. The zero-order valence-corrected chi connectivity index (χ0v) is 24.2. The molecule has 39 heavy (non-hydrogen) atoms. The highest BCUT2D eigenvalue weighted by atomic mass is 79.9. The number of nitrogens with zero attached hydrogens (tertiary/aromatic N) is 7. The van der Waals surface area contributed by atoms with Crippen LogP contribution in [0, 0.1) is 0 Å². The number of benzene rings is 3. The number of halogens is 3. The SMILES string of the molecule is COc1ccc(Br)cc1C=NNC(=O)CSc1nnc(Cn2nnc3ccccc32)n1-c1ccc(Cl)cc1Cl. The van der Waals surface area contributed by atoms with Crippen molar-refractivity contribution in [2.24, 2.45) is 5.10 Å². The number of aromatic nitrogens is 6. The van der Waals surface area contributed by atoms with E-state index in [2.05, 4.69) is 47.0 Å². The molecule has 14 heteroatoms. The normalized spacial score (nSPS) is 11.4. The number of nitrogens with one attached hydrogen (secondary N) is 1. The van der Waals surface area contributed by atoms with Gasteiger partial charge in [-0.15, -0.1) is 15.3 Å². The maximum atomic E-state index is 12.6. The highest BCUT2D eigenvalue weighted by molar-refractivity contribution is 9.10.